The molecule has 1 aliphatic rings. The number of fused-ring (bicyclic) bond motifs is 1. The van der Waals surface area contributed by atoms with Gasteiger partial charge in [0.1, 0.15) is 18.1 Å². The lowest BCUT2D eigenvalue weighted by Gasteiger charge is -2.28. The summed E-state index contributed by atoms with van der Waals surface area (Å²) in [5.74, 6) is 3.12. The van der Waals surface area contributed by atoms with Crippen molar-refractivity contribution < 1.29 is 19.3 Å². The van der Waals surface area contributed by atoms with E-state index in [1.54, 1.807) is 20.3 Å². The Morgan fingerprint density at radius 2 is 1.65 bits per heavy atom. The SMILES string of the molecule is COc1cc(NCCCc2ccc(OCCNCC(C)(C)C)cc2)c(C2CCc3cc(O)ccc3C2)cc1OC. The number of aromatic hydroxyl groups is 1. The highest BCUT2D eigenvalue weighted by atomic mass is 16.5. The van der Waals surface area contributed by atoms with Crippen molar-refractivity contribution in [3.05, 3.63) is 76.9 Å². The van der Waals surface area contributed by atoms with Crippen molar-refractivity contribution in [1.29, 1.82) is 0 Å². The molecule has 1 aliphatic carbocycles. The Kier molecular flexibility index (Phi) is 10.2. The van der Waals surface area contributed by atoms with Crippen LogP contribution >= 0.6 is 0 Å². The molecule has 0 radical (unpaired) electrons. The highest BCUT2D eigenvalue weighted by molar-refractivity contribution is 5.62. The summed E-state index contributed by atoms with van der Waals surface area (Å²) in [7, 11) is 3.37. The minimum absolute atomic E-state index is 0.283. The van der Waals surface area contributed by atoms with E-state index in [2.05, 4.69) is 73.9 Å². The van der Waals surface area contributed by atoms with Crippen molar-refractivity contribution in [1.82, 2.24) is 5.32 Å². The molecular weight excluding hydrogens is 500 g/mol. The smallest absolute Gasteiger partial charge is 0.162 e. The lowest BCUT2D eigenvalue weighted by molar-refractivity contribution is 0.297. The summed E-state index contributed by atoms with van der Waals surface area (Å²) in [5.41, 5.74) is 6.51. The Morgan fingerprint density at radius 1 is 0.900 bits per heavy atom. The molecular formula is C34H46N2O4. The fourth-order valence-electron chi connectivity index (χ4n) is 5.36. The second-order valence-corrected chi connectivity index (χ2v) is 11.9. The molecule has 0 aromatic heterocycles. The number of hydrogen-bond acceptors (Lipinski definition) is 6. The highest BCUT2D eigenvalue weighted by Gasteiger charge is 2.24. The van der Waals surface area contributed by atoms with Crippen LogP contribution in [0.25, 0.3) is 0 Å². The standard InChI is InChI=1S/C34H46N2O4/c1-34(2,3)23-35-17-18-40-29-14-8-24(9-15-29)7-6-16-36-31-22-33(39-5)32(38-4)21-30(31)27-11-10-26-20-28(37)13-12-25(26)19-27/h8-9,12-15,20-22,27,35-37H,6-7,10-11,16-19,23H2,1-5H3. The van der Waals surface area contributed by atoms with Gasteiger partial charge in [-0.25, -0.2) is 0 Å². The van der Waals surface area contributed by atoms with Gasteiger partial charge in [0.25, 0.3) is 0 Å². The van der Waals surface area contributed by atoms with Crippen molar-refractivity contribution in [2.75, 3.05) is 45.8 Å². The van der Waals surface area contributed by atoms with Gasteiger partial charge in [0.2, 0.25) is 0 Å². The minimum atomic E-state index is 0.283. The van der Waals surface area contributed by atoms with Gasteiger partial charge < -0.3 is 30.0 Å². The monoisotopic (exact) mass is 546 g/mol. The Hall–Kier alpha value is -3.38. The van der Waals surface area contributed by atoms with Crippen molar-refractivity contribution >= 4 is 5.69 Å². The van der Waals surface area contributed by atoms with Crippen molar-refractivity contribution in [3.63, 3.8) is 0 Å². The zero-order valence-electron chi connectivity index (χ0n) is 24.8. The topological polar surface area (TPSA) is 72.0 Å². The first-order chi connectivity index (χ1) is 19.3. The third-order valence-corrected chi connectivity index (χ3v) is 7.50. The maximum absolute atomic E-state index is 9.88. The van der Waals surface area contributed by atoms with Crippen LogP contribution in [-0.2, 0) is 19.3 Å². The quantitative estimate of drug-likeness (QED) is 0.206. The first-order valence-electron chi connectivity index (χ1n) is 14.5. The third-order valence-electron chi connectivity index (χ3n) is 7.50. The van der Waals surface area contributed by atoms with Gasteiger partial charge in [-0.2, -0.15) is 0 Å². The van der Waals surface area contributed by atoms with Gasteiger partial charge in [0, 0.05) is 31.4 Å². The molecule has 0 heterocycles. The summed E-state index contributed by atoms with van der Waals surface area (Å²) in [5, 5.41) is 17.0. The van der Waals surface area contributed by atoms with Crippen LogP contribution in [0.1, 0.15) is 61.8 Å². The largest absolute Gasteiger partial charge is 0.508 e. The van der Waals surface area contributed by atoms with E-state index in [0.29, 0.717) is 18.3 Å². The molecule has 0 bridgehead atoms. The molecule has 3 aromatic carbocycles. The van der Waals surface area contributed by atoms with Gasteiger partial charge in [-0.15, -0.1) is 0 Å². The van der Waals surface area contributed by atoms with Crippen LogP contribution in [0.2, 0.25) is 0 Å². The fraction of sp³-hybridized carbons (Fsp3) is 0.471. The molecule has 3 N–H and O–H groups in total. The summed E-state index contributed by atoms with van der Waals surface area (Å²) in [6.45, 7) is 10.0. The number of methoxy groups -OCH3 is 2. The first kappa shape index (κ1) is 29.6. The van der Waals surface area contributed by atoms with Crippen molar-refractivity contribution in [3.8, 4) is 23.0 Å². The maximum atomic E-state index is 9.88. The summed E-state index contributed by atoms with van der Waals surface area (Å²) < 4.78 is 17.2. The first-order valence-corrected chi connectivity index (χ1v) is 14.5. The number of ether oxygens (including phenoxy) is 3. The number of anilines is 1. The molecule has 0 aliphatic heterocycles. The number of nitrogens with one attached hydrogen (secondary N) is 2. The number of hydrogen-bond donors (Lipinski definition) is 3. The number of rotatable bonds is 13. The van der Waals surface area contributed by atoms with E-state index in [9.17, 15) is 5.11 Å². The molecule has 216 valence electrons. The molecule has 1 atom stereocenters. The molecule has 6 nitrogen and oxygen atoms in total. The molecule has 0 spiro atoms. The number of aryl methyl sites for hydroxylation is 2. The van der Waals surface area contributed by atoms with Crippen molar-refractivity contribution in [2.45, 2.75) is 58.8 Å². The molecule has 40 heavy (non-hydrogen) atoms. The maximum Gasteiger partial charge on any atom is 0.162 e. The Bertz CT molecular complexity index is 1230. The Balaban J connectivity index is 1.32. The van der Waals surface area contributed by atoms with E-state index in [1.807, 2.05) is 6.07 Å². The van der Waals surface area contributed by atoms with Crippen LogP contribution in [0.3, 0.4) is 0 Å². The second kappa shape index (κ2) is 13.8. The molecule has 1 unspecified atom stereocenters. The van der Waals surface area contributed by atoms with Crippen LogP contribution < -0.4 is 24.8 Å². The predicted molar refractivity (Wildman–Crippen MR) is 163 cm³/mol. The second-order valence-electron chi connectivity index (χ2n) is 11.9. The molecule has 4 rings (SSSR count). The van der Waals surface area contributed by atoms with Gasteiger partial charge in [0.05, 0.1) is 14.2 Å². The van der Waals surface area contributed by atoms with Gasteiger partial charge >= 0.3 is 0 Å². The van der Waals surface area contributed by atoms with Gasteiger partial charge in [-0.1, -0.05) is 39.0 Å². The van der Waals surface area contributed by atoms with Gasteiger partial charge in [0.15, 0.2) is 11.5 Å². The van der Waals surface area contributed by atoms with Gasteiger partial charge in [-0.05, 0) is 96.0 Å². The number of phenols is 1. The van der Waals surface area contributed by atoms with E-state index in [1.165, 1.54) is 22.3 Å². The van der Waals surface area contributed by atoms with Crippen LogP contribution in [-0.4, -0.2) is 45.6 Å². The lowest BCUT2D eigenvalue weighted by atomic mass is 9.79. The van der Waals surface area contributed by atoms with Crippen LogP contribution in [0.15, 0.2) is 54.6 Å². The van der Waals surface area contributed by atoms with Crippen LogP contribution in [0.4, 0.5) is 5.69 Å². The fourth-order valence-corrected chi connectivity index (χ4v) is 5.36. The molecule has 0 saturated heterocycles. The van der Waals surface area contributed by atoms with E-state index in [0.717, 1.165) is 74.7 Å². The van der Waals surface area contributed by atoms with E-state index >= 15 is 0 Å². The number of phenolic OH excluding ortho intramolecular Hbond substituents is 1. The van der Waals surface area contributed by atoms with Gasteiger partial charge in [-0.3, -0.25) is 0 Å². The van der Waals surface area contributed by atoms with Crippen molar-refractivity contribution in [2.24, 2.45) is 5.41 Å². The molecule has 0 saturated carbocycles. The average molecular weight is 547 g/mol. The van der Waals surface area contributed by atoms with Crippen LogP contribution in [0.5, 0.6) is 23.0 Å². The molecule has 3 aromatic rings. The highest BCUT2D eigenvalue weighted by Crippen LogP contribution is 2.42. The molecule has 0 amide bonds. The Morgan fingerprint density at radius 3 is 2.38 bits per heavy atom. The average Bonchev–Trinajstić information content (AvgIpc) is 2.94. The minimum Gasteiger partial charge on any atom is -0.508 e. The third kappa shape index (κ3) is 8.31. The molecule has 0 fully saturated rings. The van der Waals surface area contributed by atoms with E-state index in [-0.39, 0.29) is 5.41 Å². The molecule has 6 heteroatoms. The van der Waals surface area contributed by atoms with Crippen LogP contribution in [0, 0.1) is 5.41 Å². The summed E-state index contributed by atoms with van der Waals surface area (Å²) in [4.78, 5) is 0. The Labute approximate surface area is 240 Å². The lowest BCUT2D eigenvalue weighted by Crippen LogP contribution is -2.30. The number of benzene rings is 3. The summed E-state index contributed by atoms with van der Waals surface area (Å²) in [6, 6.07) is 18.4. The summed E-state index contributed by atoms with van der Waals surface area (Å²) in [6.07, 6.45) is 4.93. The van der Waals surface area contributed by atoms with E-state index < -0.39 is 0 Å². The normalized spacial score (nSPS) is 14.9. The zero-order chi connectivity index (χ0) is 28.5. The van der Waals surface area contributed by atoms with E-state index in [4.69, 9.17) is 14.2 Å². The summed E-state index contributed by atoms with van der Waals surface area (Å²) >= 11 is 0. The zero-order valence-corrected chi connectivity index (χ0v) is 24.8. The predicted octanol–water partition coefficient (Wildman–Crippen LogP) is 6.74.